The van der Waals surface area contributed by atoms with E-state index in [1.807, 2.05) is 0 Å². The number of nitrogens with one attached hydrogen (secondary N) is 2. The lowest BCUT2D eigenvalue weighted by molar-refractivity contribution is -0.127. The van der Waals surface area contributed by atoms with E-state index in [1.54, 1.807) is 0 Å². The SMILES string of the molecule is NC(=O)c1c(NC(=O)CCN2CCCC(C(=O)NC3CCCCC3)C2)sc2c1CCCC2. The molecule has 7 nitrogen and oxygen atoms in total. The van der Waals surface area contributed by atoms with Gasteiger partial charge in [0.05, 0.1) is 11.5 Å². The molecular weight excluding hydrogens is 424 g/mol. The van der Waals surface area contributed by atoms with Crippen LogP contribution in [0.15, 0.2) is 0 Å². The summed E-state index contributed by atoms with van der Waals surface area (Å²) in [5.41, 5.74) is 7.17. The van der Waals surface area contributed by atoms with Crippen LogP contribution in [0, 0.1) is 5.92 Å². The standard InChI is InChI=1S/C24H36N4O3S/c25-22(30)21-18-10-4-5-11-19(18)32-24(21)27-20(29)12-14-28-13-6-7-16(15-28)23(31)26-17-8-2-1-3-9-17/h16-17H,1-15H2,(H2,25,30)(H,26,31)(H,27,29). The molecule has 32 heavy (non-hydrogen) atoms. The van der Waals surface area contributed by atoms with E-state index < -0.39 is 5.91 Å². The van der Waals surface area contributed by atoms with Crippen molar-refractivity contribution in [2.24, 2.45) is 11.7 Å². The van der Waals surface area contributed by atoms with Crippen LogP contribution in [0.2, 0.25) is 0 Å². The molecule has 2 aliphatic carbocycles. The summed E-state index contributed by atoms with van der Waals surface area (Å²) in [5, 5.41) is 6.82. The Labute approximate surface area is 194 Å². The quantitative estimate of drug-likeness (QED) is 0.581. The van der Waals surface area contributed by atoms with Crippen LogP contribution in [-0.2, 0) is 22.4 Å². The van der Waals surface area contributed by atoms with Gasteiger partial charge in [-0.1, -0.05) is 19.3 Å². The average Bonchev–Trinajstić information content (AvgIpc) is 3.16. The topological polar surface area (TPSA) is 105 Å². The molecule has 3 aliphatic rings. The van der Waals surface area contributed by atoms with E-state index in [-0.39, 0.29) is 17.7 Å². The number of fused-ring (bicyclic) bond motifs is 1. The van der Waals surface area contributed by atoms with Crippen molar-refractivity contribution < 1.29 is 14.4 Å². The lowest BCUT2D eigenvalue weighted by Crippen LogP contribution is -2.46. The fraction of sp³-hybridized carbons (Fsp3) is 0.708. The monoisotopic (exact) mass is 460 g/mol. The summed E-state index contributed by atoms with van der Waals surface area (Å²) in [6.07, 6.45) is 12.1. The molecule has 0 radical (unpaired) electrons. The van der Waals surface area contributed by atoms with Crippen molar-refractivity contribution in [3.8, 4) is 0 Å². The van der Waals surface area contributed by atoms with Crippen LogP contribution in [0.1, 0.15) is 85.0 Å². The Morgan fingerprint density at radius 3 is 2.56 bits per heavy atom. The lowest BCUT2D eigenvalue weighted by atomic mass is 9.93. The second kappa shape index (κ2) is 10.8. The van der Waals surface area contributed by atoms with Gasteiger partial charge < -0.3 is 21.3 Å². The molecule has 8 heteroatoms. The summed E-state index contributed by atoms with van der Waals surface area (Å²) in [7, 11) is 0. The van der Waals surface area contributed by atoms with E-state index in [9.17, 15) is 14.4 Å². The number of nitrogens with zero attached hydrogens (tertiary/aromatic N) is 1. The highest BCUT2D eigenvalue weighted by Gasteiger charge is 2.28. The first-order valence-electron chi connectivity index (χ1n) is 12.3. The van der Waals surface area contributed by atoms with Crippen molar-refractivity contribution in [2.45, 2.75) is 83.1 Å². The highest BCUT2D eigenvalue weighted by Crippen LogP contribution is 2.38. The fourth-order valence-electron chi connectivity index (χ4n) is 5.40. The molecular formula is C24H36N4O3S. The van der Waals surface area contributed by atoms with Crippen molar-refractivity contribution >= 4 is 34.1 Å². The van der Waals surface area contributed by atoms with Crippen LogP contribution in [0.5, 0.6) is 0 Å². The third kappa shape index (κ3) is 5.70. The summed E-state index contributed by atoms with van der Waals surface area (Å²) < 4.78 is 0. The van der Waals surface area contributed by atoms with Gasteiger partial charge in [-0.15, -0.1) is 11.3 Å². The van der Waals surface area contributed by atoms with Crippen molar-refractivity contribution in [1.29, 1.82) is 0 Å². The van der Waals surface area contributed by atoms with Gasteiger partial charge in [0.15, 0.2) is 0 Å². The number of nitrogens with two attached hydrogens (primary N) is 1. The maximum absolute atomic E-state index is 12.7. The van der Waals surface area contributed by atoms with Gasteiger partial charge in [0.1, 0.15) is 5.00 Å². The first-order valence-corrected chi connectivity index (χ1v) is 13.1. The number of carbonyl (C=O) groups is 3. The molecule has 2 heterocycles. The Morgan fingerprint density at radius 2 is 1.78 bits per heavy atom. The van der Waals surface area contributed by atoms with E-state index >= 15 is 0 Å². The number of anilines is 1. The van der Waals surface area contributed by atoms with Crippen LogP contribution in [-0.4, -0.2) is 48.3 Å². The van der Waals surface area contributed by atoms with Crippen LogP contribution in [0.25, 0.3) is 0 Å². The maximum atomic E-state index is 12.7. The van der Waals surface area contributed by atoms with Gasteiger partial charge in [0.25, 0.3) is 5.91 Å². The molecule has 1 unspecified atom stereocenters. The van der Waals surface area contributed by atoms with Gasteiger partial charge in [0.2, 0.25) is 11.8 Å². The average molecular weight is 461 g/mol. The summed E-state index contributed by atoms with van der Waals surface area (Å²) in [6, 6.07) is 0.341. The predicted molar refractivity (Wildman–Crippen MR) is 127 cm³/mol. The normalized spacial score (nSPS) is 22.2. The Balaban J connectivity index is 1.27. The Hall–Kier alpha value is -1.93. The van der Waals surface area contributed by atoms with E-state index in [4.69, 9.17) is 5.73 Å². The third-order valence-electron chi connectivity index (χ3n) is 7.15. The zero-order valence-corrected chi connectivity index (χ0v) is 19.7. The number of primary amides is 1. The first kappa shape index (κ1) is 23.2. The largest absolute Gasteiger partial charge is 0.365 e. The van der Waals surface area contributed by atoms with E-state index in [0.29, 0.717) is 36.1 Å². The molecule has 0 aromatic carbocycles. The van der Waals surface area contributed by atoms with Crippen LogP contribution < -0.4 is 16.4 Å². The number of hydrogen-bond donors (Lipinski definition) is 3. The third-order valence-corrected chi connectivity index (χ3v) is 8.36. The van der Waals surface area contributed by atoms with E-state index in [0.717, 1.165) is 63.5 Å². The second-order valence-corrected chi connectivity index (χ2v) is 10.7. The van der Waals surface area contributed by atoms with Crippen LogP contribution in [0.3, 0.4) is 0 Å². The Bertz CT molecular complexity index is 847. The fourth-order valence-corrected chi connectivity index (χ4v) is 6.71. The summed E-state index contributed by atoms with van der Waals surface area (Å²) in [5.74, 6) is -0.358. The van der Waals surface area contributed by atoms with Crippen molar-refractivity contribution in [2.75, 3.05) is 25.0 Å². The Morgan fingerprint density at radius 1 is 1.00 bits per heavy atom. The van der Waals surface area contributed by atoms with Crippen LogP contribution in [0.4, 0.5) is 5.00 Å². The minimum Gasteiger partial charge on any atom is -0.365 e. The van der Waals surface area contributed by atoms with Gasteiger partial charge in [0, 0.05) is 30.4 Å². The van der Waals surface area contributed by atoms with Gasteiger partial charge >= 0.3 is 0 Å². The van der Waals surface area contributed by atoms with Gasteiger partial charge in [-0.3, -0.25) is 14.4 Å². The molecule has 0 spiro atoms. The number of likely N-dealkylation sites (tertiary alicyclic amines) is 1. The minimum absolute atomic E-state index is 0.0132. The molecule has 1 atom stereocenters. The molecule has 1 aliphatic heterocycles. The molecule has 4 N–H and O–H groups in total. The molecule has 1 saturated heterocycles. The number of piperidine rings is 1. The minimum atomic E-state index is -0.456. The smallest absolute Gasteiger partial charge is 0.251 e. The molecule has 3 amide bonds. The number of amides is 3. The van der Waals surface area contributed by atoms with Crippen molar-refractivity contribution in [1.82, 2.24) is 10.2 Å². The zero-order chi connectivity index (χ0) is 22.5. The predicted octanol–water partition coefficient (Wildman–Crippen LogP) is 3.22. The van der Waals surface area contributed by atoms with E-state index in [2.05, 4.69) is 15.5 Å². The molecule has 0 bridgehead atoms. The summed E-state index contributed by atoms with van der Waals surface area (Å²) >= 11 is 1.50. The zero-order valence-electron chi connectivity index (χ0n) is 18.9. The molecule has 1 saturated carbocycles. The molecule has 1 aromatic heterocycles. The van der Waals surface area contributed by atoms with Gasteiger partial charge in [-0.25, -0.2) is 0 Å². The van der Waals surface area contributed by atoms with E-state index in [1.165, 1.54) is 35.5 Å². The summed E-state index contributed by atoms with van der Waals surface area (Å²) in [6.45, 7) is 2.25. The molecule has 1 aromatic rings. The van der Waals surface area contributed by atoms with Gasteiger partial charge in [-0.05, 0) is 63.5 Å². The van der Waals surface area contributed by atoms with Crippen molar-refractivity contribution in [3.63, 3.8) is 0 Å². The highest BCUT2D eigenvalue weighted by molar-refractivity contribution is 7.17. The second-order valence-electron chi connectivity index (χ2n) is 9.56. The number of aryl methyl sites for hydroxylation is 1. The van der Waals surface area contributed by atoms with Crippen molar-refractivity contribution in [3.05, 3.63) is 16.0 Å². The lowest BCUT2D eigenvalue weighted by Gasteiger charge is -2.33. The number of hydrogen-bond acceptors (Lipinski definition) is 5. The molecule has 2 fully saturated rings. The number of carbonyl (C=O) groups excluding carboxylic acids is 3. The molecule has 176 valence electrons. The van der Waals surface area contributed by atoms with Gasteiger partial charge in [-0.2, -0.15) is 0 Å². The maximum Gasteiger partial charge on any atom is 0.251 e. The Kier molecular flexibility index (Phi) is 7.84. The number of thiophene rings is 1. The number of rotatable bonds is 7. The van der Waals surface area contributed by atoms with Crippen LogP contribution >= 0.6 is 11.3 Å². The first-order chi connectivity index (χ1) is 15.5. The highest BCUT2D eigenvalue weighted by atomic mass is 32.1. The molecule has 4 rings (SSSR count). The summed E-state index contributed by atoms with van der Waals surface area (Å²) in [4.78, 5) is 40.8.